The average molecular weight is 242 g/mol. The smallest absolute Gasteiger partial charge is 0.224 e. The third-order valence-corrected chi connectivity index (χ3v) is 3.75. The lowest BCUT2D eigenvalue weighted by Crippen LogP contribution is -2.48. The molecule has 0 aromatic carbocycles. The number of rotatable bonds is 4. The summed E-state index contributed by atoms with van der Waals surface area (Å²) in [5, 5.41) is 6.25. The molecular formula is C12H22N2O3. The Balaban J connectivity index is 1.78. The van der Waals surface area contributed by atoms with E-state index >= 15 is 0 Å². The van der Waals surface area contributed by atoms with Gasteiger partial charge in [-0.2, -0.15) is 0 Å². The summed E-state index contributed by atoms with van der Waals surface area (Å²) in [5.41, 5.74) is -0.308. The van der Waals surface area contributed by atoms with Crippen molar-refractivity contribution in [2.45, 2.75) is 24.9 Å². The highest BCUT2D eigenvalue weighted by Crippen LogP contribution is 2.21. The van der Waals surface area contributed by atoms with Crippen LogP contribution in [0.15, 0.2) is 0 Å². The molecule has 2 N–H and O–H groups in total. The van der Waals surface area contributed by atoms with Crippen LogP contribution < -0.4 is 10.6 Å². The molecule has 5 heteroatoms. The van der Waals surface area contributed by atoms with Crippen molar-refractivity contribution in [1.29, 1.82) is 0 Å². The number of piperidine rings is 1. The zero-order valence-corrected chi connectivity index (χ0v) is 10.5. The molecule has 0 bridgehead atoms. The van der Waals surface area contributed by atoms with Gasteiger partial charge < -0.3 is 20.1 Å². The summed E-state index contributed by atoms with van der Waals surface area (Å²) in [6.45, 7) is 3.67. The number of amides is 1. The Labute approximate surface area is 102 Å². The number of hydrogen-bond donors (Lipinski definition) is 2. The van der Waals surface area contributed by atoms with Crippen molar-refractivity contribution < 1.29 is 14.3 Å². The van der Waals surface area contributed by atoms with Gasteiger partial charge in [0, 0.05) is 33.2 Å². The Bertz CT molecular complexity index is 258. The Kier molecular flexibility index (Phi) is 4.36. The van der Waals surface area contributed by atoms with Crippen molar-refractivity contribution in [2.75, 3.05) is 40.0 Å². The van der Waals surface area contributed by atoms with Gasteiger partial charge in [-0.25, -0.2) is 0 Å². The van der Waals surface area contributed by atoms with Crippen molar-refractivity contribution in [3.8, 4) is 0 Å². The van der Waals surface area contributed by atoms with Gasteiger partial charge in [0.15, 0.2) is 0 Å². The second kappa shape index (κ2) is 5.80. The molecule has 0 saturated carbocycles. The van der Waals surface area contributed by atoms with E-state index in [2.05, 4.69) is 10.6 Å². The molecule has 98 valence electrons. The molecule has 0 aliphatic carbocycles. The van der Waals surface area contributed by atoms with Gasteiger partial charge in [0.05, 0.1) is 12.5 Å². The van der Waals surface area contributed by atoms with Crippen LogP contribution in [-0.2, 0) is 14.3 Å². The second-order valence-corrected chi connectivity index (χ2v) is 4.95. The fraction of sp³-hybridized carbons (Fsp3) is 0.917. The molecule has 0 aromatic heterocycles. The first kappa shape index (κ1) is 12.8. The maximum atomic E-state index is 12.0. The first-order valence-corrected chi connectivity index (χ1v) is 6.37. The monoisotopic (exact) mass is 242 g/mol. The SMILES string of the molecule is COC1(CNC(=O)[C@@H]2CCCNC2)CCOC1. The molecule has 2 rings (SSSR count). The quantitative estimate of drug-likeness (QED) is 0.723. The highest BCUT2D eigenvalue weighted by Gasteiger charge is 2.35. The van der Waals surface area contributed by atoms with Gasteiger partial charge in [-0.15, -0.1) is 0 Å². The summed E-state index contributed by atoms with van der Waals surface area (Å²) in [6, 6.07) is 0. The van der Waals surface area contributed by atoms with Crippen molar-refractivity contribution >= 4 is 5.91 Å². The van der Waals surface area contributed by atoms with E-state index in [9.17, 15) is 4.79 Å². The summed E-state index contributed by atoms with van der Waals surface area (Å²) in [5.74, 6) is 0.250. The Morgan fingerprint density at radius 3 is 3.12 bits per heavy atom. The van der Waals surface area contributed by atoms with Crippen LogP contribution in [0.5, 0.6) is 0 Å². The van der Waals surface area contributed by atoms with Crippen molar-refractivity contribution in [2.24, 2.45) is 5.92 Å². The van der Waals surface area contributed by atoms with Gasteiger partial charge in [0.1, 0.15) is 5.60 Å². The topological polar surface area (TPSA) is 59.6 Å². The van der Waals surface area contributed by atoms with Crippen LogP contribution in [-0.4, -0.2) is 51.5 Å². The molecule has 2 atom stereocenters. The molecule has 5 nitrogen and oxygen atoms in total. The molecule has 1 unspecified atom stereocenters. The standard InChI is InChI=1S/C12H22N2O3/c1-16-12(4-6-17-9-12)8-14-11(15)10-3-2-5-13-7-10/h10,13H,2-9H2,1H3,(H,14,15)/t10-,12?/m1/s1. The highest BCUT2D eigenvalue weighted by molar-refractivity contribution is 5.79. The van der Waals surface area contributed by atoms with Crippen LogP contribution in [0, 0.1) is 5.92 Å². The summed E-state index contributed by atoms with van der Waals surface area (Å²) >= 11 is 0. The van der Waals surface area contributed by atoms with Crippen LogP contribution in [0.4, 0.5) is 0 Å². The minimum atomic E-state index is -0.308. The van der Waals surface area contributed by atoms with Crippen molar-refractivity contribution in [3.05, 3.63) is 0 Å². The molecule has 17 heavy (non-hydrogen) atoms. The fourth-order valence-corrected chi connectivity index (χ4v) is 2.43. The van der Waals surface area contributed by atoms with E-state index in [4.69, 9.17) is 9.47 Å². The van der Waals surface area contributed by atoms with Gasteiger partial charge in [-0.1, -0.05) is 0 Å². The zero-order chi connectivity index (χ0) is 12.1. The third kappa shape index (κ3) is 3.18. The molecule has 2 heterocycles. The van der Waals surface area contributed by atoms with E-state index in [1.165, 1.54) is 0 Å². The fourth-order valence-electron chi connectivity index (χ4n) is 2.43. The number of nitrogens with one attached hydrogen (secondary N) is 2. The van der Waals surface area contributed by atoms with Gasteiger partial charge >= 0.3 is 0 Å². The van der Waals surface area contributed by atoms with Crippen LogP contribution in [0.2, 0.25) is 0 Å². The number of carbonyl (C=O) groups excluding carboxylic acids is 1. The van der Waals surface area contributed by atoms with Crippen molar-refractivity contribution in [1.82, 2.24) is 10.6 Å². The molecule has 0 aromatic rings. The Morgan fingerprint density at radius 1 is 1.65 bits per heavy atom. The van der Waals surface area contributed by atoms with Gasteiger partial charge in [-0.05, 0) is 19.4 Å². The molecule has 0 spiro atoms. The third-order valence-electron chi connectivity index (χ3n) is 3.75. The van der Waals surface area contributed by atoms with Crippen LogP contribution in [0.3, 0.4) is 0 Å². The molecule has 2 saturated heterocycles. The lowest BCUT2D eigenvalue weighted by Gasteiger charge is -2.28. The van der Waals surface area contributed by atoms with E-state index < -0.39 is 0 Å². The van der Waals surface area contributed by atoms with Gasteiger partial charge in [0.2, 0.25) is 5.91 Å². The van der Waals surface area contributed by atoms with E-state index in [0.717, 1.165) is 32.4 Å². The zero-order valence-electron chi connectivity index (χ0n) is 10.5. The Morgan fingerprint density at radius 2 is 2.53 bits per heavy atom. The number of hydrogen-bond acceptors (Lipinski definition) is 4. The average Bonchev–Trinajstić information content (AvgIpc) is 2.86. The Hall–Kier alpha value is -0.650. The van der Waals surface area contributed by atoms with E-state index in [0.29, 0.717) is 19.8 Å². The molecule has 2 fully saturated rings. The highest BCUT2D eigenvalue weighted by atomic mass is 16.5. The maximum Gasteiger partial charge on any atom is 0.224 e. The first-order valence-electron chi connectivity index (χ1n) is 6.37. The number of carbonyl (C=O) groups is 1. The molecule has 0 radical (unpaired) electrons. The summed E-state index contributed by atoms with van der Waals surface area (Å²) in [6.07, 6.45) is 2.92. The van der Waals surface area contributed by atoms with Crippen molar-refractivity contribution in [3.63, 3.8) is 0 Å². The van der Waals surface area contributed by atoms with Gasteiger partial charge in [0.25, 0.3) is 0 Å². The lowest BCUT2D eigenvalue weighted by molar-refractivity contribution is -0.127. The summed E-state index contributed by atoms with van der Waals surface area (Å²) in [4.78, 5) is 12.0. The van der Waals surface area contributed by atoms with Gasteiger partial charge in [-0.3, -0.25) is 4.79 Å². The predicted octanol–water partition coefficient (Wildman–Crippen LogP) is -0.0923. The molecular weight excluding hydrogens is 220 g/mol. The molecule has 2 aliphatic rings. The largest absolute Gasteiger partial charge is 0.378 e. The number of ether oxygens (including phenoxy) is 2. The van der Waals surface area contributed by atoms with Crippen LogP contribution in [0.25, 0.3) is 0 Å². The summed E-state index contributed by atoms with van der Waals surface area (Å²) in [7, 11) is 1.68. The molecule has 2 aliphatic heterocycles. The predicted molar refractivity (Wildman–Crippen MR) is 63.8 cm³/mol. The van der Waals surface area contributed by atoms with E-state index in [1.54, 1.807) is 7.11 Å². The summed E-state index contributed by atoms with van der Waals surface area (Å²) < 4.78 is 10.8. The van der Waals surface area contributed by atoms with E-state index in [-0.39, 0.29) is 17.4 Å². The van der Waals surface area contributed by atoms with Crippen LogP contribution >= 0.6 is 0 Å². The number of methoxy groups -OCH3 is 1. The molecule has 1 amide bonds. The lowest BCUT2D eigenvalue weighted by atomic mass is 9.97. The maximum absolute atomic E-state index is 12.0. The first-order chi connectivity index (χ1) is 8.26. The van der Waals surface area contributed by atoms with Crippen LogP contribution in [0.1, 0.15) is 19.3 Å². The second-order valence-electron chi connectivity index (χ2n) is 4.95. The normalized spacial score (nSPS) is 33.6. The minimum absolute atomic E-state index is 0.111. The van der Waals surface area contributed by atoms with E-state index in [1.807, 2.05) is 0 Å². The minimum Gasteiger partial charge on any atom is -0.378 e.